The maximum absolute atomic E-state index is 3.35. The number of nitrogens with zero attached hydrogens (tertiary/aromatic N) is 1. The van der Waals surface area contributed by atoms with Gasteiger partial charge in [0.15, 0.2) is 0 Å². The molecule has 0 fully saturated rings. The van der Waals surface area contributed by atoms with Crippen molar-refractivity contribution in [3.63, 3.8) is 0 Å². The van der Waals surface area contributed by atoms with E-state index in [0.717, 1.165) is 6.42 Å². The molecule has 1 aliphatic rings. The normalized spacial score (nSPS) is 21.6. The van der Waals surface area contributed by atoms with Crippen molar-refractivity contribution in [3.05, 3.63) is 29.3 Å². The Morgan fingerprint density at radius 2 is 2.20 bits per heavy atom. The van der Waals surface area contributed by atoms with Gasteiger partial charge in [-0.05, 0) is 38.9 Å². The van der Waals surface area contributed by atoms with E-state index in [1.807, 2.05) is 7.05 Å². The van der Waals surface area contributed by atoms with Crippen LogP contribution in [-0.2, 0) is 6.42 Å². The summed E-state index contributed by atoms with van der Waals surface area (Å²) in [6.07, 6.45) is 1.16. The zero-order valence-corrected chi connectivity index (χ0v) is 10.0. The van der Waals surface area contributed by atoms with E-state index >= 15 is 0 Å². The molecule has 0 amide bonds. The molecule has 2 atom stereocenters. The van der Waals surface area contributed by atoms with Crippen LogP contribution in [-0.4, -0.2) is 26.2 Å². The molecule has 1 heterocycles. The molecule has 0 spiro atoms. The van der Waals surface area contributed by atoms with Crippen molar-refractivity contribution in [2.45, 2.75) is 32.4 Å². The SMILES string of the molecule is CNC(C)C1Cc2cc(C)ccc2N1C. The second-order valence-corrected chi connectivity index (χ2v) is 4.59. The molecule has 1 aromatic rings. The number of hydrogen-bond donors (Lipinski definition) is 1. The minimum Gasteiger partial charge on any atom is -0.369 e. The third-order valence-electron chi connectivity index (χ3n) is 3.57. The summed E-state index contributed by atoms with van der Waals surface area (Å²) in [7, 11) is 4.23. The van der Waals surface area contributed by atoms with E-state index in [4.69, 9.17) is 0 Å². The fraction of sp³-hybridized carbons (Fsp3) is 0.538. The summed E-state index contributed by atoms with van der Waals surface area (Å²) in [6, 6.07) is 7.87. The lowest BCUT2D eigenvalue weighted by Gasteiger charge is -2.27. The molecule has 2 rings (SSSR count). The van der Waals surface area contributed by atoms with Crippen molar-refractivity contribution in [2.75, 3.05) is 19.0 Å². The van der Waals surface area contributed by atoms with Crippen LogP contribution in [0.3, 0.4) is 0 Å². The number of aryl methyl sites for hydroxylation is 1. The first kappa shape index (κ1) is 10.5. The molecule has 0 aromatic heterocycles. The van der Waals surface area contributed by atoms with E-state index in [1.54, 1.807) is 0 Å². The van der Waals surface area contributed by atoms with Gasteiger partial charge in [-0.3, -0.25) is 0 Å². The van der Waals surface area contributed by atoms with Gasteiger partial charge in [0.25, 0.3) is 0 Å². The molecule has 1 N–H and O–H groups in total. The third kappa shape index (κ3) is 1.74. The van der Waals surface area contributed by atoms with Crippen LogP contribution >= 0.6 is 0 Å². The highest BCUT2D eigenvalue weighted by Gasteiger charge is 2.29. The minimum absolute atomic E-state index is 0.530. The Hall–Kier alpha value is -1.02. The van der Waals surface area contributed by atoms with Crippen LogP contribution < -0.4 is 10.2 Å². The van der Waals surface area contributed by atoms with Crippen molar-refractivity contribution >= 4 is 5.69 Å². The highest BCUT2D eigenvalue weighted by molar-refractivity contribution is 5.60. The minimum atomic E-state index is 0.530. The molecule has 0 bridgehead atoms. The summed E-state index contributed by atoms with van der Waals surface area (Å²) < 4.78 is 0. The molecule has 0 saturated heterocycles. The Labute approximate surface area is 92.3 Å². The zero-order chi connectivity index (χ0) is 11.0. The van der Waals surface area contributed by atoms with Gasteiger partial charge in [-0.1, -0.05) is 17.7 Å². The lowest BCUT2D eigenvalue weighted by atomic mass is 10.0. The van der Waals surface area contributed by atoms with Gasteiger partial charge in [0.2, 0.25) is 0 Å². The molecule has 1 aromatic carbocycles. The predicted molar refractivity (Wildman–Crippen MR) is 65.6 cm³/mol. The van der Waals surface area contributed by atoms with Crippen molar-refractivity contribution in [1.82, 2.24) is 5.32 Å². The molecule has 0 saturated carbocycles. The fourth-order valence-corrected chi connectivity index (χ4v) is 2.47. The molecular weight excluding hydrogens is 184 g/mol. The number of nitrogens with one attached hydrogen (secondary N) is 1. The van der Waals surface area contributed by atoms with E-state index in [-0.39, 0.29) is 0 Å². The average molecular weight is 204 g/mol. The zero-order valence-electron chi connectivity index (χ0n) is 10.0. The first-order valence-electron chi connectivity index (χ1n) is 5.63. The Balaban J connectivity index is 2.28. The van der Waals surface area contributed by atoms with E-state index in [1.165, 1.54) is 16.8 Å². The number of anilines is 1. The van der Waals surface area contributed by atoms with E-state index in [2.05, 4.69) is 49.3 Å². The monoisotopic (exact) mass is 204 g/mol. The Kier molecular flexibility index (Phi) is 2.70. The number of hydrogen-bond acceptors (Lipinski definition) is 2. The van der Waals surface area contributed by atoms with Crippen LogP contribution in [0.4, 0.5) is 5.69 Å². The molecule has 1 aliphatic heterocycles. The molecule has 0 aliphatic carbocycles. The van der Waals surface area contributed by atoms with Crippen LogP contribution in [0.25, 0.3) is 0 Å². The largest absolute Gasteiger partial charge is 0.369 e. The van der Waals surface area contributed by atoms with Crippen molar-refractivity contribution in [1.29, 1.82) is 0 Å². The molecule has 0 radical (unpaired) electrons. The Morgan fingerprint density at radius 1 is 1.47 bits per heavy atom. The first-order valence-corrected chi connectivity index (χ1v) is 5.63. The van der Waals surface area contributed by atoms with Gasteiger partial charge >= 0.3 is 0 Å². The van der Waals surface area contributed by atoms with Gasteiger partial charge in [-0.15, -0.1) is 0 Å². The van der Waals surface area contributed by atoms with Gasteiger partial charge in [-0.25, -0.2) is 0 Å². The summed E-state index contributed by atoms with van der Waals surface area (Å²) in [5.74, 6) is 0. The maximum Gasteiger partial charge on any atom is 0.0478 e. The molecule has 15 heavy (non-hydrogen) atoms. The van der Waals surface area contributed by atoms with E-state index in [9.17, 15) is 0 Å². The van der Waals surface area contributed by atoms with Gasteiger partial charge in [-0.2, -0.15) is 0 Å². The van der Waals surface area contributed by atoms with Crippen LogP contribution in [0.1, 0.15) is 18.1 Å². The Bertz CT molecular complexity index is 360. The molecular formula is C13H20N2. The van der Waals surface area contributed by atoms with E-state index < -0.39 is 0 Å². The number of likely N-dealkylation sites (N-methyl/N-ethyl adjacent to an activating group) is 2. The van der Waals surface area contributed by atoms with Gasteiger partial charge in [0, 0.05) is 24.8 Å². The number of benzene rings is 1. The number of fused-ring (bicyclic) bond motifs is 1. The van der Waals surface area contributed by atoms with Gasteiger partial charge < -0.3 is 10.2 Å². The average Bonchev–Trinajstić information content (AvgIpc) is 2.54. The summed E-state index contributed by atoms with van der Waals surface area (Å²) in [5, 5.41) is 3.35. The quantitative estimate of drug-likeness (QED) is 0.792. The highest BCUT2D eigenvalue weighted by Crippen LogP contribution is 2.32. The number of rotatable bonds is 2. The van der Waals surface area contributed by atoms with Crippen LogP contribution in [0.15, 0.2) is 18.2 Å². The van der Waals surface area contributed by atoms with Crippen LogP contribution in [0, 0.1) is 6.92 Å². The molecule has 2 unspecified atom stereocenters. The summed E-state index contributed by atoms with van der Waals surface area (Å²) in [4.78, 5) is 2.40. The molecule has 2 nitrogen and oxygen atoms in total. The fourth-order valence-electron chi connectivity index (χ4n) is 2.47. The summed E-state index contributed by atoms with van der Waals surface area (Å²) >= 11 is 0. The van der Waals surface area contributed by atoms with Crippen LogP contribution in [0.5, 0.6) is 0 Å². The van der Waals surface area contributed by atoms with Crippen LogP contribution in [0.2, 0.25) is 0 Å². The van der Waals surface area contributed by atoms with Crippen molar-refractivity contribution < 1.29 is 0 Å². The van der Waals surface area contributed by atoms with Crippen molar-refractivity contribution in [2.24, 2.45) is 0 Å². The Morgan fingerprint density at radius 3 is 2.87 bits per heavy atom. The third-order valence-corrected chi connectivity index (χ3v) is 3.57. The second kappa shape index (κ2) is 3.86. The second-order valence-electron chi connectivity index (χ2n) is 4.59. The maximum atomic E-state index is 3.35. The summed E-state index contributed by atoms with van der Waals surface area (Å²) in [5.41, 5.74) is 4.25. The molecule has 82 valence electrons. The highest BCUT2D eigenvalue weighted by atomic mass is 15.2. The first-order chi connectivity index (χ1) is 7.13. The standard InChI is InChI=1S/C13H20N2/c1-9-5-6-12-11(7-9)8-13(15(12)4)10(2)14-3/h5-7,10,13-14H,8H2,1-4H3. The topological polar surface area (TPSA) is 15.3 Å². The smallest absolute Gasteiger partial charge is 0.0478 e. The van der Waals surface area contributed by atoms with Gasteiger partial charge in [0.05, 0.1) is 0 Å². The van der Waals surface area contributed by atoms with E-state index in [0.29, 0.717) is 12.1 Å². The lowest BCUT2D eigenvalue weighted by molar-refractivity contribution is 0.488. The van der Waals surface area contributed by atoms with Crippen molar-refractivity contribution in [3.8, 4) is 0 Å². The van der Waals surface area contributed by atoms with Gasteiger partial charge in [0.1, 0.15) is 0 Å². The molecule has 2 heteroatoms. The lowest BCUT2D eigenvalue weighted by Crippen LogP contribution is -2.44. The summed E-state index contributed by atoms with van der Waals surface area (Å²) in [6.45, 7) is 4.41. The predicted octanol–water partition coefficient (Wildman–Crippen LogP) is 1.96.